The Morgan fingerprint density at radius 1 is 1.10 bits per heavy atom. The number of halogens is 1. The van der Waals surface area contributed by atoms with Gasteiger partial charge in [0.2, 0.25) is 5.88 Å². The fourth-order valence-corrected chi connectivity index (χ4v) is 2.54. The van der Waals surface area contributed by atoms with Crippen LogP contribution in [0.2, 0.25) is 0 Å². The van der Waals surface area contributed by atoms with Crippen molar-refractivity contribution in [2.24, 2.45) is 4.99 Å². The first-order valence-corrected chi connectivity index (χ1v) is 9.83. The highest BCUT2D eigenvalue weighted by molar-refractivity contribution is 14.0. The SMILES string of the molecule is CCNC(=NCc1ccc(OC(C)C)nc1)NCc1ccc(C(=O)N(C)C)cc1.I. The predicted molar refractivity (Wildman–Crippen MR) is 132 cm³/mol. The van der Waals surface area contributed by atoms with Gasteiger partial charge in [-0.15, -0.1) is 24.0 Å². The number of carbonyl (C=O) groups is 1. The zero-order chi connectivity index (χ0) is 21.2. The van der Waals surface area contributed by atoms with Crippen molar-refractivity contribution in [2.45, 2.75) is 40.0 Å². The third kappa shape index (κ3) is 8.56. The van der Waals surface area contributed by atoms with Gasteiger partial charge in [0.15, 0.2) is 5.96 Å². The Morgan fingerprint density at radius 2 is 1.77 bits per heavy atom. The zero-order valence-electron chi connectivity index (χ0n) is 18.3. The molecule has 0 aliphatic rings. The molecule has 1 aromatic carbocycles. The molecule has 30 heavy (non-hydrogen) atoms. The molecule has 0 fully saturated rings. The van der Waals surface area contributed by atoms with Crippen molar-refractivity contribution in [1.29, 1.82) is 0 Å². The number of aromatic nitrogens is 1. The van der Waals surface area contributed by atoms with Crippen LogP contribution in [0.3, 0.4) is 0 Å². The number of carbonyl (C=O) groups excluding carboxylic acids is 1. The molecule has 0 bridgehead atoms. The first-order valence-electron chi connectivity index (χ1n) is 9.83. The second kappa shape index (κ2) is 13.0. The molecule has 1 aromatic heterocycles. The quantitative estimate of drug-likeness (QED) is 0.314. The predicted octanol–water partition coefficient (Wildman–Crippen LogP) is 3.44. The highest BCUT2D eigenvalue weighted by atomic mass is 127. The molecule has 0 spiro atoms. The van der Waals surface area contributed by atoms with Gasteiger partial charge in [-0.3, -0.25) is 4.79 Å². The van der Waals surface area contributed by atoms with E-state index in [4.69, 9.17) is 4.74 Å². The number of pyridine rings is 1. The van der Waals surface area contributed by atoms with Crippen LogP contribution in [0.4, 0.5) is 0 Å². The summed E-state index contributed by atoms with van der Waals surface area (Å²) in [7, 11) is 3.49. The number of benzene rings is 1. The standard InChI is InChI=1S/C22H31N5O2.HI/c1-6-23-22(26-15-18-9-12-20(24-14-18)29-16(2)3)25-13-17-7-10-19(11-8-17)21(28)27(4)5;/h7-12,14,16H,6,13,15H2,1-5H3,(H2,23,25,26);1H. The number of amides is 1. The third-order valence-electron chi connectivity index (χ3n) is 3.99. The third-order valence-corrected chi connectivity index (χ3v) is 3.99. The van der Waals surface area contributed by atoms with Gasteiger partial charge in [-0.2, -0.15) is 0 Å². The van der Waals surface area contributed by atoms with Crippen LogP contribution in [0.5, 0.6) is 5.88 Å². The fraction of sp³-hybridized carbons (Fsp3) is 0.409. The number of aliphatic imine (C=N–C) groups is 1. The van der Waals surface area contributed by atoms with Gasteiger partial charge in [0, 0.05) is 45.0 Å². The van der Waals surface area contributed by atoms with Gasteiger partial charge in [0.05, 0.1) is 12.6 Å². The zero-order valence-corrected chi connectivity index (χ0v) is 20.6. The Hall–Kier alpha value is -2.36. The highest BCUT2D eigenvalue weighted by Crippen LogP contribution is 2.10. The number of nitrogens with zero attached hydrogens (tertiary/aromatic N) is 3. The lowest BCUT2D eigenvalue weighted by Crippen LogP contribution is -2.36. The fourth-order valence-electron chi connectivity index (χ4n) is 2.54. The van der Waals surface area contributed by atoms with E-state index < -0.39 is 0 Å². The van der Waals surface area contributed by atoms with Gasteiger partial charge in [0.25, 0.3) is 5.91 Å². The maximum atomic E-state index is 12.0. The van der Waals surface area contributed by atoms with E-state index in [-0.39, 0.29) is 36.0 Å². The summed E-state index contributed by atoms with van der Waals surface area (Å²) in [4.78, 5) is 22.5. The Kier molecular flexibility index (Phi) is 11.2. The minimum Gasteiger partial charge on any atom is -0.475 e. The summed E-state index contributed by atoms with van der Waals surface area (Å²) in [5.41, 5.74) is 2.75. The number of hydrogen-bond acceptors (Lipinski definition) is 4. The van der Waals surface area contributed by atoms with Crippen molar-refractivity contribution in [2.75, 3.05) is 20.6 Å². The molecule has 2 aromatic rings. The summed E-state index contributed by atoms with van der Waals surface area (Å²) in [6.45, 7) is 7.87. The Bertz CT molecular complexity index is 805. The first kappa shape index (κ1) is 25.7. The Morgan fingerprint density at radius 3 is 2.30 bits per heavy atom. The van der Waals surface area contributed by atoms with Crippen LogP contribution in [0.1, 0.15) is 42.3 Å². The van der Waals surface area contributed by atoms with Crippen LogP contribution < -0.4 is 15.4 Å². The molecular formula is C22H32IN5O2. The molecule has 2 rings (SSSR count). The van der Waals surface area contributed by atoms with Crippen LogP contribution >= 0.6 is 24.0 Å². The second-order valence-corrected chi connectivity index (χ2v) is 7.12. The molecule has 0 atom stereocenters. The largest absolute Gasteiger partial charge is 0.475 e. The van der Waals surface area contributed by atoms with Crippen molar-refractivity contribution in [3.8, 4) is 5.88 Å². The second-order valence-electron chi connectivity index (χ2n) is 7.12. The minimum atomic E-state index is -0.00201. The van der Waals surface area contributed by atoms with Crippen LogP contribution in [0.15, 0.2) is 47.6 Å². The molecule has 1 amide bonds. The lowest BCUT2D eigenvalue weighted by molar-refractivity contribution is 0.0827. The van der Waals surface area contributed by atoms with Crippen LogP contribution in [-0.4, -0.2) is 48.5 Å². The summed E-state index contributed by atoms with van der Waals surface area (Å²) >= 11 is 0. The smallest absolute Gasteiger partial charge is 0.253 e. The lowest BCUT2D eigenvalue weighted by Gasteiger charge is -2.13. The summed E-state index contributed by atoms with van der Waals surface area (Å²) in [5.74, 6) is 1.34. The average molecular weight is 525 g/mol. The molecule has 0 unspecified atom stereocenters. The van der Waals surface area contributed by atoms with Gasteiger partial charge in [0.1, 0.15) is 0 Å². The molecule has 0 saturated heterocycles. The summed E-state index contributed by atoms with van der Waals surface area (Å²) in [6.07, 6.45) is 1.89. The van der Waals surface area contributed by atoms with E-state index in [2.05, 4.69) is 20.6 Å². The number of rotatable bonds is 8. The first-order chi connectivity index (χ1) is 13.9. The molecule has 164 valence electrons. The Labute approximate surface area is 196 Å². The van der Waals surface area contributed by atoms with Gasteiger partial charge in [-0.05, 0) is 44.0 Å². The van der Waals surface area contributed by atoms with Crippen molar-refractivity contribution >= 4 is 35.8 Å². The van der Waals surface area contributed by atoms with Gasteiger partial charge < -0.3 is 20.3 Å². The maximum Gasteiger partial charge on any atom is 0.253 e. The van der Waals surface area contributed by atoms with E-state index in [1.807, 2.05) is 57.2 Å². The van der Waals surface area contributed by atoms with E-state index in [9.17, 15) is 4.79 Å². The van der Waals surface area contributed by atoms with Gasteiger partial charge in [-0.1, -0.05) is 18.2 Å². The van der Waals surface area contributed by atoms with Crippen molar-refractivity contribution < 1.29 is 9.53 Å². The van der Waals surface area contributed by atoms with Crippen molar-refractivity contribution in [3.63, 3.8) is 0 Å². The van der Waals surface area contributed by atoms with E-state index >= 15 is 0 Å². The molecule has 8 heteroatoms. The van der Waals surface area contributed by atoms with Gasteiger partial charge in [-0.25, -0.2) is 9.98 Å². The van der Waals surface area contributed by atoms with Crippen LogP contribution in [0, 0.1) is 0 Å². The van der Waals surface area contributed by atoms with Crippen LogP contribution in [-0.2, 0) is 13.1 Å². The van der Waals surface area contributed by atoms with E-state index in [1.165, 1.54) is 0 Å². The molecular weight excluding hydrogens is 493 g/mol. The average Bonchev–Trinajstić information content (AvgIpc) is 2.70. The molecule has 0 saturated carbocycles. The topological polar surface area (TPSA) is 78.9 Å². The summed E-state index contributed by atoms with van der Waals surface area (Å²) in [6, 6.07) is 11.4. The molecule has 7 nitrogen and oxygen atoms in total. The molecule has 2 N–H and O–H groups in total. The molecule has 0 aliphatic heterocycles. The monoisotopic (exact) mass is 525 g/mol. The summed E-state index contributed by atoms with van der Waals surface area (Å²) < 4.78 is 5.56. The maximum absolute atomic E-state index is 12.0. The van der Waals surface area contributed by atoms with Crippen molar-refractivity contribution in [3.05, 3.63) is 59.3 Å². The molecule has 1 heterocycles. The number of guanidine groups is 1. The number of ether oxygens (including phenoxy) is 1. The van der Waals surface area contributed by atoms with E-state index in [1.54, 1.807) is 25.2 Å². The normalized spacial score (nSPS) is 10.9. The minimum absolute atomic E-state index is 0. The highest BCUT2D eigenvalue weighted by Gasteiger charge is 2.07. The number of hydrogen-bond donors (Lipinski definition) is 2. The number of nitrogens with one attached hydrogen (secondary N) is 2. The molecule has 0 radical (unpaired) electrons. The summed E-state index contributed by atoms with van der Waals surface area (Å²) in [5, 5.41) is 6.55. The molecule has 0 aliphatic carbocycles. The lowest BCUT2D eigenvalue weighted by atomic mass is 10.1. The van der Waals surface area contributed by atoms with Crippen molar-refractivity contribution in [1.82, 2.24) is 20.5 Å². The van der Waals surface area contributed by atoms with E-state index in [0.717, 1.165) is 23.6 Å². The van der Waals surface area contributed by atoms with Crippen LogP contribution in [0.25, 0.3) is 0 Å². The van der Waals surface area contributed by atoms with Gasteiger partial charge >= 0.3 is 0 Å². The Balaban J connectivity index is 0.00000450. The van der Waals surface area contributed by atoms with E-state index in [0.29, 0.717) is 24.5 Å².